The predicted octanol–water partition coefficient (Wildman–Crippen LogP) is 3.40. The van der Waals surface area contributed by atoms with Crippen LogP contribution in [0.3, 0.4) is 0 Å². The maximum atomic E-state index is 6.21. The largest absolute Gasteiger partial charge is 0.275 e. The van der Waals surface area contributed by atoms with Gasteiger partial charge in [-0.05, 0) is 6.26 Å². The van der Waals surface area contributed by atoms with Crippen LogP contribution < -0.4 is 0 Å². The molecule has 0 bridgehead atoms. The number of aromatic amines is 1. The second-order valence-corrected chi connectivity index (χ2v) is 4.80. The van der Waals surface area contributed by atoms with E-state index < -0.39 is 0 Å². The maximum absolute atomic E-state index is 6.21. The molecule has 0 radical (unpaired) electrons. The third-order valence-corrected chi connectivity index (χ3v) is 3.42. The van der Waals surface area contributed by atoms with Crippen LogP contribution in [0.1, 0.15) is 0 Å². The molecule has 2 heterocycles. The Balaban J connectivity index is 2.27. The topological polar surface area (TPSA) is 54.5 Å². The molecular weight excluding hydrogens is 268 g/mol. The molecule has 0 fully saturated rings. The molecule has 1 aromatic carbocycles. The van der Waals surface area contributed by atoms with Crippen LogP contribution in [0.2, 0.25) is 5.15 Å². The maximum Gasteiger partial charge on any atom is 0.190 e. The highest BCUT2D eigenvalue weighted by atomic mass is 35.5. The summed E-state index contributed by atoms with van der Waals surface area (Å²) in [5, 5.41) is 8.98. The lowest BCUT2D eigenvalue weighted by Gasteiger charge is -2.00. The van der Waals surface area contributed by atoms with Crippen molar-refractivity contribution >= 4 is 34.4 Å². The van der Waals surface area contributed by atoms with Crippen molar-refractivity contribution in [3.63, 3.8) is 0 Å². The van der Waals surface area contributed by atoms with E-state index in [1.807, 2.05) is 36.6 Å². The van der Waals surface area contributed by atoms with E-state index in [2.05, 4.69) is 20.2 Å². The number of hydrogen-bond acceptors (Lipinski definition) is 4. The molecule has 0 aliphatic carbocycles. The van der Waals surface area contributed by atoms with Gasteiger partial charge in [0.05, 0.1) is 11.1 Å². The standard InChI is InChI=1S/C12H9ClN4S/c1-18-12-14-10(13)8-9(16-17-11(8)15-12)7-5-3-2-4-6-7/h2-6H,1H3,(H,14,15,16,17). The molecular formula is C12H9ClN4S. The normalized spacial score (nSPS) is 11.0. The third kappa shape index (κ3) is 1.85. The minimum Gasteiger partial charge on any atom is -0.275 e. The summed E-state index contributed by atoms with van der Waals surface area (Å²) in [6.07, 6.45) is 1.91. The Morgan fingerprint density at radius 3 is 2.67 bits per heavy atom. The number of H-pyrrole nitrogens is 1. The Hall–Kier alpha value is -1.59. The molecule has 0 aliphatic rings. The minimum atomic E-state index is 0.428. The van der Waals surface area contributed by atoms with E-state index >= 15 is 0 Å². The van der Waals surface area contributed by atoms with Crippen LogP contribution >= 0.6 is 23.4 Å². The average molecular weight is 277 g/mol. The van der Waals surface area contributed by atoms with E-state index in [4.69, 9.17) is 11.6 Å². The SMILES string of the molecule is CSc1nc(Cl)c2c(-c3ccccc3)[nH]nc2n1. The lowest BCUT2D eigenvalue weighted by Crippen LogP contribution is -1.88. The monoisotopic (exact) mass is 276 g/mol. The minimum absolute atomic E-state index is 0.428. The number of nitrogens with zero attached hydrogens (tertiary/aromatic N) is 3. The van der Waals surface area contributed by atoms with Gasteiger partial charge in [-0.1, -0.05) is 53.7 Å². The Bertz CT molecular complexity index is 696. The molecule has 0 spiro atoms. The molecule has 90 valence electrons. The summed E-state index contributed by atoms with van der Waals surface area (Å²) >= 11 is 7.66. The van der Waals surface area contributed by atoms with Crippen molar-refractivity contribution < 1.29 is 0 Å². The molecule has 3 aromatic rings. The quantitative estimate of drug-likeness (QED) is 0.443. The smallest absolute Gasteiger partial charge is 0.190 e. The second-order valence-electron chi connectivity index (χ2n) is 3.66. The number of aromatic nitrogens is 4. The van der Waals surface area contributed by atoms with Gasteiger partial charge in [-0.3, -0.25) is 5.10 Å². The van der Waals surface area contributed by atoms with Crippen LogP contribution in [0.5, 0.6) is 0 Å². The van der Waals surface area contributed by atoms with Gasteiger partial charge in [0.25, 0.3) is 0 Å². The number of nitrogens with one attached hydrogen (secondary N) is 1. The highest BCUT2D eigenvalue weighted by Crippen LogP contribution is 2.30. The van der Waals surface area contributed by atoms with Gasteiger partial charge >= 0.3 is 0 Å². The van der Waals surface area contributed by atoms with Crippen LogP contribution in [0.15, 0.2) is 35.5 Å². The van der Waals surface area contributed by atoms with Gasteiger partial charge in [0.1, 0.15) is 5.15 Å². The van der Waals surface area contributed by atoms with Crippen LogP contribution in [0.25, 0.3) is 22.3 Å². The lowest BCUT2D eigenvalue weighted by molar-refractivity contribution is 0.985. The average Bonchev–Trinajstić information content (AvgIpc) is 2.84. The molecule has 6 heteroatoms. The van der Waals surface area contributed by atoms with E-state index in [1.54, 1.807) is 0 Å². The van der Waals surface area contributed by atoms with Gasteiger partial charge in [0.15, 0.2) is 10.8 Å². The Morgan fingerprint density at radius 1 is 1.17 bits per heavy atom. The summed E-state index contributed by atoms with van der Waals surface area (Å²) in [5.41, 5.74) is 2.46. The number of rotatable bonds is 2. The summed E-state index contributed by atoms with van der Waals surface area (Å²) in [6, 6.07) is 9.88. The van der Waals surface area contributed by atoms with Gasteiger partial charge < -0.3 is 0 Å². The first-order valence-electron chi connectivity index (χ1n) is 5.30. The van der Waals surface area contributed by atoms with Crippen molar-refractivity contribution in [1.29, 1.82) is 0 Å². The number of hydrogen-bond donors (Lipinski definition) is 1. The second kappa shape index (κ2) is 4.59. The fourth-order valence-corrected chi connectivity index (χ4v) is 2.44. The summed E-state index contributed by atoms with van der Waals surface area (Å²) in [4.78, 5) is 8.56. The van der Waals surface area contributed by atoms with Crippen molar-refractivity contribution in [3.05, 3.63) is 35.5 Å². The third-order valence-electron chi connectivity index (χ3n) is 2.59. The highest BCUT2D eigenvalue weighted by Gasteiger charge is 2.14. The molecule has 3 rings (SSSR count). The van der Waals surface area contributed by atoms with Gasteiger partial charge in [-0.2, -0.15) is 5.10 Å². The van der Waals surface area contributed by atoms with E-state index in [0.717, 1.165) is 16.6 Å². The first-order chi connectivity index (χ1) is 8.79. The molecule has 0 saturated heterocycles. The summed E-state index contributed by atoms with van der Waals surface area (Å²) in [5.74, 6) is 0. The molecule has 0 saturated carbocycles. The molecule has 0 unspecified atom stereocenters. The number of halogens is 1. The molecule has 0 aliphatic heterocycles. The predicted molar refractivity (Wildman–Crippen MR) is 73.9 cm³/mol. The molecule has 2 aromatic heterocycles. The van der Waals surface area contributed by atoms with Crippen molar-refractivity contribution in [2.75, 3.05) is 6.26 Å². The van der Waals surface area contributed by atoms with Crippen LogP contribution in [-0.4, -0.2) is 26.4 Å². The number of thioether (sulfide) groups is 1. The summed E-state index contributed by atoms with van der Waals surface area (Å²) in [7, 11) is 0. The molecule has 0 amide bonds. The fraction of sp³-hybridized carbons (Fsp3) is 0.0833. The number of benzene rings is 1. The molecule has 18 heavy (non-hydrogen) atoms. The molecule has 0 atom stereocenters. The zero-order valence-electron chi connectivity index (χ0n) is 9.51. The van der Waals surface area contributed by atoms with Gasteiger partial charge in [-0.15, -0.1) is 0 Å². The zero-order chi connectivity index (χ0) is 12.5. The Labute approximate surface area is 113 Å². The van der Waals surface area contributed by atoms with Crippen molar-refractivity contribution in [1.82, 2.24) is 20.2 Å². The van der Waals surface area contributed by atoms with Gasteiger partial charge in [-0.25, -0.2) is 9.97 Å². The van der Waals surface area contributed by atoms with Crippen LogP contribution in [-0.2, 0) is 0 Å². The van der Waals surface area contributed by atoms with E-state index in [-0.39, 0.29) is 0 Å². The van der Waals surface area contributed by atoms with E-state index in [0.29, 0.717) is 16.0 Å². The van der Waals surface area contributed by atoms with Crippen molar-refractivity contribution in [3.8, 4) is 11.3 Å². The van der Waals surface area contributed by atoms with E-state index in [1.165, 1.54) is 11.8 Å². The molecule has 1 N–H and O–H groups in total. The van der Waals surface area contributed by atoms with Crippen molar-refractivity contribution in [2.45, 2.75) is 5.16 Å². The molecule has 4 nitrogen and oxygen atoms in total. The Morgan fingerprint density at radius 2 is 1.94 bits per heavy atom. The van der Waals surface area contributed by atoms with E-state index in [9.17, 15) is 0 Å². The first kappa shape index (κ1) is 11.5. The fourth-order valence-electron chi connectivity index (χ4n) is 1.77. The summed E-state index contributed by atoms with van der Waals surface area (Å²) in [6.45, 7) is 0. The van der Waals surface area contributed by atoms with Crippen molar-refractivity contribution in [2.24, 2.45) is 0 Å². The van der Waals surface area contributed by atoms with Gasteiger partial charge in [0.2, 0.25) is 0 Å². The van der Waals surface area contributed by atoms with Crippen LogP contribution in [0, 0.1) is 0 Å². The lowest BCUT2D eigenvalue weighted by atomic mass is 10.1. The van der Waals surface area contributed by atoms with Gasteiger partial charge in [0, 0.05) is 5.56 Å². The zero-order valence-corrected chi connectivity index (χ0v) is 11.1. The number of fused-ring (bicyclic) bond motifs is 1. The first-order valence-corrected chi connectivity index (χ1v) is 6.91. The van der Waals surface area contributed by atoms with Crippen LogP contribution in [0.4, 0.5) is 0 Å². The Kier molecular flexibility index (Phi) is 2.93. The summed E-state index contributed by atoms with van der Waals surface area (Å²) < 4.78 is 0. The highest BCUT2D eigenvalue weighted by molar-refractivity contribution is 7.98.